The lowest BCUT2D eigenvalue weighted by molar-refractivity contribution is 0.0774. The molecule has 1 aromatic carbocycles. The topological polar surface area (TPSA) is 33.5 Å². The molecule has 0 aliphatic heterocycles. The van der Waals surface area contributed by atoms with Crippen molar-refractivity contribution in [2.24, 2.45) is 0 Å². The van der Waals surface area contributed by atoms with Crippen LogP contribution in [0.25, 0.3) is 0 Å². The summed E-state index contributed by atoms with van der Waals surface area (Å²) in [4.78, 5) is 13.9. The lowest BCUT2D eigenvalue weighted by Gasteiger charge is -2.16. The molecule has 3 nitrogen and oxygen atoms in total. The van der Waals surface area contributed by atoms with Gasteiger partial charge < -0.3 is 9.32 Å². The predicted molar refractivity (Wildman–Crippen MR) is 81.4 cm³/mol. The minimum Gasteiger partial charge on any atom is -0.467 e. The van der Waals surface area contributed by atoms with Crippen LogP contribution in [0.5, 0.6) is 0 Å². The highest BCUT2D eigenvalue weighted by Gasteiger charge is 2.16. The summed E-state index contributed by atoms with van der Waals surface area (Å²) in [6, 6.07) is 9.35. The van der Waals surface area contributed by atoms with Gasteiger partial charge in [0.2, 0.25) is 0 Å². The van der Waals surface area contributed by atoms with Crippen molar-refractivity contribution in [2.75, 3.05) is 7.05 Å². The Morgan fingerprint density at radius 1 is 1.44 bits per heavy atom. The molecule has 5 heteroatoms. The summed E-state index contributed by atoms with van der Waals surface area (Å²) in [6.45, 7) is 0.467. The number of rotatable bonds is 3. The molecule has 0 N–H and O–H groups in total. The number of benzene rings is 1. The average Bonchev–Trinajstić information content (AvgIpc) is 2.84. The third-order valence-corrected chi connectivity index (χ3v) is 3.91. The van der Waals surface area contributed by atoms with E-state index < -0.39 is 0 Å². The van der Waals surface area contributed by atoms with E-state index in [0.29, 0.717) is 12.1 Å². The molecular formula is C13H11BrINO2. The Hall–Kier alpha value is -0.820. The highest BCUT2D eigenvalue weighted by atomic mass is 127. The van der Waals surface area contributed by atoms with E-state index in [4.69, 9.17) is 4.42 Å². The van der Waals surface area contributed by atoms with E-state index in [2.05, 4.69) is 38.5 Å². The van der Waals surface area contributed by atoms with Crippen molar-refractivity contribution in [1.82, 2.24) is 4.90 Å². The van der Waals surface area contributed by atoms with Crippen molar-refractivity contribution < 1.29 is 9.21 Å². The monoisotopic (exact) mass is 419 g/mol. The molecule has 2 aromatic rings. The van der Waals surface area contributed by atoms with Gasteiger partial charge in [0.05, 0.1) is 18.4 Å². The van der Waals surface area contributed by atoms with Gasteiger partial charge in [0.1, 0.15) is 5.76 Å². The van der Waals surface area contributed by atoms with Gasteiger partial charge in [0.25, 0.3) is 5.91 Å². The molecular weight excluding hydrogens is 409 g/mol. The van der Waals surface area contributed by atoms with Gasteiger partial charge in [-0.15, -0.1) is 0 Å². The number of furan rings is 1. The maximum Gasteiger partial charge on any atom is 0.255 e. The first-order valence-electron chi connectivity index (χ1n) is 5.31. The Morgan fingerprint density at radius 2 is 2.22 bits per heavy atom. The Kier molecular flexibility index (Phi) is 4.45. The van der Waals surface area contributed by atoms with E-state index in [1.165, 1.54) is 0 Å². The van der Waals surface area contributed by atoms with Crippen LogP contribution < -0.4 is 0 Å². The maximum absolute atomic E-state index is 12.3. The predicted octanol–water partition coefficient (Wildman–Crippen LogP) is 3.92. The first kappa shape index (κ1) is 13.6. The van der Waals surface area contributed by atoms with Crippen molar-refractivity contribution in [3.8, 4) is 0 Å². The van der Waals surface area contributed by atoms with Gasteiger partial charge in [-0.2, -0.15) is 0 Å². The number of halogens is 2. The summed E-state index contributed by atoms with van der Waals surface area (Å²) in [5, 5.41) is 0. The molecule has 0 aliphatic carbocycles. The minimum absolute atomic E-state index is 0.0166. The molecule has 0 aliphatic rings. The molecule has 2 rings (SSSR count). The van der Waals surface area contributed by atoms with Gasteiger partial charge >= 0.3 is 0 Å². The summed E-state index contributed by atoms with van der Waals surface area (Å²) in [5.74, 6) is 0.757. The fraction of sp³-hybridized carbons (Fsp3) is 0.154. The minimum atomic E-state index is -0.0166. The largest absolute Gasteiger partial charge is 0.467 e. The first-order chi connectivity index (χ1) is 8.58. The van der Waals surface area contributed by atoms with Gasteiger partial charge in [0, 0.05) is 15.1 Å². The lowest BCUT2D eigenvalue weighted by Crippen LogP contribution is -2.26. The van der Waals surface area contributed by atoms with Crippen LogP contribution in [-0.2, 0) is 6.54 Å². The Balaban J connectivity index is 2.17. The molecule has 0 saturated heterocycles. The summed E-state index contributed by atoms with van der Waals surface area (Å²) in [7, 11) is 1.77. The number of hydrogen-bond acceptors (Lipinski definition) is 2. The summed E-state index contributed by atoms with van der Waals surface area (Å²) < 4.78 is 7.08. The van der Waals surface area contributed by atoms with Crippen LogP contribution in [0.3, 0.4) is 0 Å². The zero-order valence-electron chi connectivity index (χ0n) is 9.69. The van der Waals surface area contributed by atoms with E-state index in [1.807, 2.05) is 30.3 Å². The molecule has 1 heterocycles. The fourth-order valence-electron chi connectivity index (χ4n) is 1.58. The second-order valence-electron chi connectivity index (χ2n) is 3.86. The maximum atomic E-state index is 12.3. The van der Waals surface area contributed by atoms with Gasteiger partial charge in [-0.25, -0.2) is 0 Å². The van der Waals surface area contributed by atoms with Gasteiger partial charge in [-0.05, 0) is 52.9 Å². The lowest BCUT2D eigenvalue weighted by atomic mass is 10.2. The Bertz CT molecular complexity index is 554. The molecule has 0 bridgehead atoms. The zero-order chi connectivity index (χ0) is 13.1. The molecule has 1 aromatic heterocycles. The molecule has 0 fully saturated rings. The van der Waals surface area contributed by atoms with Gasteiger partial charge in [-0.1, -0.05) is 15.9 Å². The van der Waals surface area contributed by atoms with Crippen LogP contribution >= 0.6 is 38.5 Å². The molecule has 0 spiro atoms. The van der Waals surface area contributed by atoms with E-state index in [9.17, 15) is 4.79 Å². The smallest absolute Gasteiger partial charge is 0.255 e. The summed E-state index contributed by atoms with van der Waals surface area (Å²) in [6.07, 6.45) is 1.61. The number of carbonyl (C=O) groups excluding carboxylic acids is 1. The second-order valence-corrected chi connectivity index (χ2v) is 5.94. The number of carbonyl (C=O) groups is 1. The SMILES string of the molecule is CN(Cc1ccco1)C(=O)c1cc(Br)ccc1I. The molecule has 0 atom stereocenters. The number of nitrogens with zero attached hydrogens (tertiary/aromatic N) is 1. The van der Waals surface area contributed by atoms with E-state index in [1.54, 1.807) is 18.2 Å². The van der Waals surface area contributed by atoms with E-state index in [0.717, 1.165) is 13.8 Å². The van der Waals surface area contributed by atoms with Crippen LogP contribution in [0.4, 0.5) is 0 Å². The van der Waals surface area contributed by atoms with Crippen LogP contribution in [0.2, 0.25) is 0 Å². The van der Waals surface area contributed by atoms with Crippen LogP contribution in [0, 0.1) is 3.57 Å². The van der Waals surface area contributed by atoms with Gasteiger partial charge in [0.15, 0.2) is 0 Å². The zero-order valence-corrected chi connectivity index (χ0v) is 13.4. The van der Waals surface area contributed by atoms with Crippen LogP contribution in [0.15, 0.2) is 45.5 Å². The molecule has 0 saturated carbocycles. The van der Waals surface area contributed by atoms with Crippen LogP contribution in [0.1, 0.15) is 16.1 Å². The fourth-order valence-corrected chi connectivity index (χ4v) is 2.50. The summed E-state index contributed by atoms with van der Waals surface area (Å²) in [5.41, 5.74) is 0.694. The molecule has 0 unspecified atom stereocenters. The molecule has 18 heavy (non-hydrogen) atoms. The molecule has 1 amide bonds. The highest BCUT2D eigenvalue weighted by Crippen LogP contribution is 2.20. The third-order valence-electron chi connectivity index (χ3n) is 2.48. The van der Waals surface area contributed by atoms with E-state index >= 15 is 0 Å². The Labute approximate surface area is 127 Å². The third kappa shape index (κ3) is 3.14. The standard InChI is InChI=1S/C13H11BrINO2/c1-16(8-10-3-2-6-18-10)13(17)11-7-9(14)4-5-12(11)15/h2-7H,8H2,1H3. The van der Waals surface area contributed by atoms with Crippen molar-refractivity contribution in [1.29, 1.82) is 0 Å². The highest BCUT2D eigenvalue weighted by molar-refractivity contribution is 14.1. The molecule has 0 radical (unpaired) electrons. The van der Waals surface area contributed by atoms with Crippen molar-refractivity contribution in [2.45, 2.75) is 6.54 Å². The number of amides is 1. The van der Waals surface area contributed by atoms with Crippen molar-refractivity contribution in [3.05, 3.63) is 56.0 Å². The Morgan fingerprint density at radius 3 is 2.89 bits per heavy atom. The van der Waals surface area contributed by atoms with Crippen molar-refractivity contribution in [3.63, 3.8) is 0 Å². The first-order valence-corrected chi connectivity index (χ1v) is 7.18. The molecule has 94 valence electrons. The quantitative estimate of drug-likeness (QED) is 0.706. The van der Waals surface area contributed by atoms with E-state index in [-0.39, 0.29) is 5.91 Å². The normalized spacial score (nSPS) is 10.4. The number of hydrogen-bond donors (Lipinski definition) is 0. The van der Waals surface area contributed by atoms with Crippen molar-refractivity contribution >= 4 is 44.4 Å². The summed E-state index contributed by atoms with van der Waals surface area (Å²) >= 11 is 5.55. The van der Waals surface area contributed by atoms with Crippen LogP contribution in [-0.4, -0.2) is 17.9 Å². The van der Waals surface area contributed by atoms with Gasteiger partial charge in [-0.3, -0.25) is 4.79 Å². The average molecular weight is 420 g/mol. The second kappa shape index (κ2) is 5.88.